The summed E-state index contributed by atoms with van der Waals surface area (Å²) in [4.78, 5) is 42.7. The van der Waals surface area contributed by atoms with Crippen LogP contribution < -0.4 is 0 Å². The first-order chi connectivity index (χ1) is 24.3. The molecule has 8 nitrogen and oxygen atoms in total. The minimum absolute atomic E-state index is 0.156. The van der Waals surface area contributed by atoms with E-state index in [4.69, 9.17) is 19.3 Å². The number of phosphoric acid groups is 1. The van der Waals surface area contributed by atoms with Crippen LogP contribution in [-0.4, -0.2) is 41.0 Å². The number of esters is 2. The third-order valence-corrected chi connectivity index (χ3v) is 7.68. The Morgan fingerprint density at radius 1 is 0.540 bits per heavy atom. The Morgan fingerprint density at radius 2 is 1.00 bits per heavy atom. The molecule has 0 heterocycles. The Balaban J connectivity index is 4.07. The Labute approximate surface area is 303 Å². The zero-order valence-electron chi connectivity index (χ0n) is 30.7. The van der Waals surface area contributed by atoms with Gasteiger partial charge in [0.1, 0.15) is 6.61 Å². The zero-order chi connectivity index (χ0) is 36.8. The molecule has 0 fully saturated rings. The van der Waals surface area contributed by atoms with Gasteiger partial charge in [0.15, 0.2) is 6.10 Å². The summed E-state index contributed by atoms with van der Waals surface area (Å²) in [6.45, 7) is 3.35. The average Bonchev–Trinajstić information content (AvgIpc) is 3.08. The van der Waals surface area contributed by atoms with E-state index < -0.39 is 32.5 Å². The lowest BCUT2D eigenvalue weighted by molar-refractivity contribution is -0.161. The fourth-order valence-corrected chi connectivity index (χ4v) is 4.85. The maximum Gasteiger partial charge on any atom is 0.469 e. The molecule has 1 unspecified atom stereocenters. The highest BCUT2D eigenvalue weighted by Crippen LogP contribution is 2.35. The highest BCUT2D eigenvalue weighted by atomic mass is 31.2. The molecular formula is C41H65O8P. The van der Waals surface area contributed by atoms with Crippen molar-refractivity contribution in [2.75, 3.05) is 13.2 Å². The lowest BCUT2D eigenvalue weighted by atomic mass is 10.1. The summed E-state index contributed by atoms with van der Waals surface area (Å²) < 4.78 is 26.2. The number of hydrogen-bond acceptors (Lipinski definition) is 6. The summed E-state index contributed by atoms with van der Waals surface area (Å²) >= 11 is 0. The van der Waals surface area contributed by atoms with E-state index in [2.05, 4.69) is 79.1 Å². The summed E-state index contributed by atoms with van der Waals surface area (Å²) in [6, 6.07) is 0. The van der Waals surface area contributed by atoms with Crippen molar-refractivity contribution in [1.29, 1.82) is 0 Å². The third-order valence-electron chi connectivity index (χ3n) is 7.19. The molecule has 0 saturated heterocycles. The highest BCUT2D eigenvalue weighted by Gasteiger charge is 2.22. The minimum Gasteiger partial charge on any atom is -0.462 e. The van der Waals surface area contributed by atoms with Crippen LogP contribution >= 0.6 is 7.82 Å². The van der Waals surface area contributed by atoms with Crippen LogP contribution in [-0.2, 0) is 28.2 Å². The lowest BCUT2D eigenvalue weighted by Gasteiger charge is -2.18. The first-order valence-corrected chi connectivity index (χ1v) is 20.1. The van der Waals surface area contributed by atoms with Crippen molar-refractivity contribution < 1.29 is 37.9 Å². The van der Waals surface area contributed by atoms with E-state index in [9.17, 15) is 14.2 Å². The smallest absolute Gasteiger partial charge is 0.462 e. The molecule has 282 valence electrons. The molecule has 0 aliphatic rings. The topological polar surface area (TPSA) is 119 Å². The summed E-state index contributed by atoms with van der Waals surface area (Å²) in [7, 11) is -4.77. The maximum absolute atomic E-state index is 12.3. The summed E-state index contributed by atoms with van der Waals surface area (Å²) in [5.74, 6) is -0.960. The van der Waals surface area contributed by atoms with Crippen LogP contribution in [0.2, 0.25) is 0 Å². The van der Waals surface area contributed by atoms with Crippen molar-refractivity contribution >= 4 is 19.8 Å². The molecule has 0 radical (unpaired) electrons. The van der Waals surface area contributed by atoms with E-state index in [1.807, 2.05) is 36.5 Å². The fourth-order valence-electron chi connectivity index (χ4n) is 4.49. The Kier molecular flexibility index (Phi) is 33.6. The predicted molar refractivity (Wildman–Crippen MR) is 206 cm³/mol. The first-order valence-electron chi connectivity index (χ1n) is 18.6. The van der Waals surface area contributed by atoms with Gasteiger partial charge in [-0.15, -0.1) is 0 Å². The molecule has 0 aliphatic heterocycles. The Bertz CT molecular complexity index is 1120. The molecule has 0 aromatic carbocycles. The number of carbonyl (C=O) groups is 2. The molecular weight excluding hydrogens is 651 g/mol. The molecule has 2 N–H and O–H groups in total. The van der Waals surface area contributed by atoms with Gasteiger partial charge in [0.2, 0.25) is 0 Å². The van der Waals surface area contributed by atoms with E-state index in [0.29, 0.717) is 12.8 Å². The summed E-state index contributed by atoms with van der Waals surface area (Å²) in [5.41, 5.74) is 0. The molecule has 0 spiro atoms. The lowest BCUT2D eigenvalue weighted by Crippen LogP contribution is -2.29. The van der Waals surface area contributed by atoms with Gasteiger partial charge < -0.3 is 19.3 Å². The minimum atomic E-state index is -4.77. The van der Waals surface area contributed by atoms with Crippen LogP contribution in [0.15, 0.2) is 97.2 Å². The van der Waals surface area contributed by atoms with Crippen molar-refractivity contribution in [3.05, 3.63) is 97.2 Å². The average molecular weight is 717 g/mol. The molecule has 0 bridgehead atoms. The van der Waals surface area contributed by atoms with Crippen LogP contribution in [0.3, 0.4) is 0 Å². The molecule has 50 heavy (non-hydrogen) atoms. The normalized spacial score (nSPS) is 13.6. The van der Waals surface area contributed by atoms with Gasteiger partial charge >= 0.3 is 19.8 Å². The number of allylic oxidation sites excluding steroid dienone is 16. The number of ether oxygens (including phenoxy) is 2. The quantitative estimate of drug-likeness (QED) is 0.0232. The Hall–Kier alpha value is -3.03. The van der Waals surface area contributed by atoms with Crippen LogP contribution in [0.5, 0.6) is 0 Å². The molecule has 0 aliphatic carbocycles. The van der Waals surface area contributed by atoms with E-state index in [1.165, 1.54) is 0 Å². The van der Waals surface area contributed by atoms with Crippen LogP contribution in [0.25, 0.3) is 0 Å². The van der Waals surface area contributed by atoms with E-state index in [1.54, 1.807) is 0 Å². The van der Waals surface area contributed by atoms with Crippen molar-refractivity contribution in [2.24, 2.45) is 0 Å². The van der Waals surface area contributed by atoms with Crippen LogP contribution in [0.1, 0.15) is 129 Å². The van der Waals surface area contributed by atoms with Crippen LogP contribution in [0.4, 0.5) is 0 Å². The van der Waals surface area contributed by atoms with Gasteiger partial charge in [0.05, 0.1) is 6.61 Å². The van der Waals surface area contributed by atoms with Gasteiger partial charge in [-0.3, -0.25) is 14.1 Å². The summed E-state index contributed by atoms with van der Waals surface area (Å²) in [5, 5.41) is 0. The second kappa shape index (κ2) is 35.8. The van der Waals surface area contributed by atoms with Crippen molar-refractivity contribution in [1.82, 2.24) is 0 Å². The first kappa shape index (κ1) is 47.0. The van der Waals surface area contributed by atoms with Crippen LogP contribution in [0, 0.1) is 0 Å². The largest absolute Gasteiger partial charge is 0.469 e. The third kappa shape index (κ3) is 37.8. The highest BCUT2D eigenvalue weighted by molar-refractivity contribution is 7.46. The van der Waals surface area contributed by atoms with Crippen molar-refractivity contribution in [2.45, 2.75) is 136 Å². The van der Waals surface area contributed by atoms with E-state index in [-0.39, 0.29) is 19.4 Å². The zero-order valence-corrected chi connectivity index (χ0v) is 31.6. The van der Waals surface area contributed by atoms with E-state index >= 15 is 0 Å². The second-order valence-corrected chi connectivity index (χ2v) is 13.1. The maximum atomic E-state index is 12.3. The standard InChI is InChI=1S/C41H65O8P/c1-3-5-7-9-11-13-15-17-18-19-20-21-22-24-25-27-29-31-33-35-40(42)47-37-39(38-48-50(44,45)46)49-41(43)36-34-32-30-28-26-23-16-14-12-10-8-6-4-2/h5-8,10-14,16-18,20-21,23,26,39H,3-4,9,15,19,22,24-25,27-38H2,1-2H3,(H2,44,45,46)/b7-5+,8-6+,12-10+,13-11+,16-14+,18-17+,21-20+,26-23+. The fraction of sp³-hybridized carbons (Fsp3) is 0.561. The van der Waals surface area contributed by atoms with Crippen molar-refractivity contribution in [3.8, 4) is 0 Å². The van der Waals surface area contributed by atoms with Gasteiger partial charge in [0.25, 0.3) is 0 Å². The van der Waals surface area contributed by atoms with Gasteiger partial charge in [-0.1, -0.05) is 143 Å². The van der Waals surface area contributed by atoms with Gasteiger partial charge in [0, 0.05) is 12.8 Å². The number of rotatable bonds is 32. The second-order valence-electron chi connectivity index (χ2n) is 11.9. The molecule has 0 aromatic rings. The SMILES string of the molecule is CC/C=C/C=C/C=C/C=C/CCCCCC(=O)OC(COC(=O)CCCCCCCC/C=C/C/C=C/C/C=C/C/C=C/CC)COP(=O)(O)O. The van der Waals surface area contributed by atoms with Gasteiger partial charge in [-0.25, -0.2) is 4.57 Å². The van der Waals surface area contributed by atoms with Gasteiger partial charge in [-0.2, -0.15) is 0 Å². The number of unbranched alkanes of at least 4 members (excludes halogenated alkanes) is 9. The van der Waals surface area contributed by atoms with Gasteiger partial charge in [-0.05, 0) is 70.6 Å². The van der Waals surface area contributed by atoms with E-state index in [0.717, 1.165) is 89.9 Å². The number of hydrogen-bond donors (Lipinski definition) is 2. The number of phosphoric ester groups is 1. The number of carbonyl (C=O) groups excluding carboxylic acids is 2. The molecule has 0 saturated carbocycles. The summed E-state index contributed by atoms with van der Waals surface area (Å²) in [6.07, 6.45) is 48.4. The molecule has 0 amide bonds. The molecule has 0 aromatic heterocycles. The molecule has 0 rings (SSSR count). The molecule has 9 heteroatoms. The van der Waals surface area contributed by atoms with Crippen molar-refractivity contribution in [3.63, 3.8) is 0 Å². The monoisotopic (exact) mass is 716 g/mol. The predicted octanol–water partition coefficient (Wildman–Crippen LogP) is 11.1. The Morgan fingerprint density at radius 3 is 1.60 bits per heavy atom. The molecule has 1 atom stereocenters.